The Bertz CT molecular complexity index is 515. The monoisotopic (exact) mass is 277 g/mol. The minimum Gasteiger partial charge on any atom is -0.493 e. The number of rotatable bonds is 8. The molecule has 0 aliphatic rings. The van der Waals surface area contributed by atoms with Crippen molar-refractivity contribution in [3.8, 4) is 11.5 Å². The summed E-state index contributed by atoms with van der Waals surface area (Å²) in [4.78, 5) is 4.31. The molecule has 0 amide bonds. The molecule has 7 heteroatoms. The van der Waals surface area contributed by atoms with Crippen LogP contribution in [0.5, 0.6) is 11.5 Å². The van der Waals surface area contributed by atoms with Crippen molar-refractivity contribution in [3.05, 3.63) is 30.4 Å². The lowest BCUT2D eigenvalue weighted by atomic mass is 10.3. The van der Waals surface area contributed by atoms with Crippen molar-refractivity contribution in [1.29, 1.82) is 0 Å². The third kappa shape index (κ3) is 3.67. The molecule has 2 rings (SSSR count). The van der Waals surface area contributed by atoms with Gasteiger partial charge in [-0.05, 0) is 13.0 Å². The van der Waals surface area contributed by atoms with E-state index in [4.69, 9.17) is 9.47 Å². The third-order valence-electron chi connectivity index (χ3n) is 2.87. The standard InChI is InChI=1S/C13H19N5O2/c1-19-12-4-6-15-11(13(12)20-2)10-14-5-3-8-18-9-7-16-17-18/h4,6-7,9,14H,3,5,8,10H2,1-2H3. The molecule has 0 aromatic carbocycles. The molecule has 20 heavy (non-hydrogen) atoms. The number of aromatic nitrogens is 4. The first-order chi connectivity index (χ1) is 9.85. The van der Waals surface area contributed by atoms with E-state index in [0.29, 0.717) is 18.0 Å². The van der Waals surface area contributed by atoms with Crippen LogP contribution in [0, 0.1) is 0 Å². The molecule has 0 atom stereocenters. The maximum Gasteiger partial charge on any atom is 0.183 e. The minimum absolute atomic E-state index is 0.637. The van der Waals surface area contributed by atoms with E-state index in [-0.39, 0.29) is 0 Å². The van der Waals surface area contributed by atoms with E-state index >= 15 is 0 Å². The van der Waals surface area contributed by atoms with Crippen LogP contribution in [0.15, 0.2) is 24.7 Å². The Kier molecular flexibility index (Phi) is 5.31. The summed E-state index contributed by atoms with van der Waals surface area (Å²) in [5.41, 5.74) is 0.840. The molecule has 0 aliphatic heterocycles. The Balaban J connectivity index is 1.79. The Labute approximate surface area is 117 Å². The maximum atomic E-state index is 5.33. The average Bonchev–Trinajstić information content (AvgIpc) is 2.99. The second-order valence-corrected chi connectivity index (χ2v) is 4.19. The predicted octanol–water partition coefficient (Wildman–Crippen LogP) is 0.870. The highest BCUT2D eigenvalue weighted by Crippen LogP contribution is 2.28. The normalized spacial score (nSPS) is 10.5. The molecule has 0 saturated heterocycles. The summed E-state index contributed by atoms with van der Waals surface area (Å²) < 4.78 is 12.4. The molecule has 0 bridgehead atoms. The number of hydrogen-bond donors (Lipinski definition) is 1. The van der Waals surface area contributed by atoms with E-state index < -0.39 is 0 Å². The second-order valence-electron chi connectivity index (χ2n) is 4.19. The lowest BCUT2D eigenvalue weighted by Gasteiger charge is -2.12. The molecule has 7 nitrogen and oxygen atoms in total. The van der Waals surface area contributed by atoms with Crippen molar-refractivity contribution in [3.63, 3.8) is 0 Å². The van der Waals surface area contributed by atoms with Crippen molar-refractivity contribution in [1.82, 2.24) is 25.3 Å². The Morgan fingerprint density at radius 3 is 2.85 bits per heavy atom. The van der Waals surface area contributed by atoms with Gasteiger partial charge in [0, 0.05) is 31.5 Å². The minimum atomic E-state index is 0.637. The van der Waals surface area contributed by atoms with Crippen LogP contribution >= 0.6 is 0 Å². The molecule has 108 valence electrons. The fourth-order valence-electron chi connectivity index (χ4n) is 1.90. The van der Waals surface area contributed by atoms with Gasteiger partial charge in [0.1, 0.15) is 0 Å². The molecule has 2 aromatic heterocycles. The quantitative estimate of drug-likeness (QED) is 0.722. The van der Waals surface area contributed by atoms with Gasteiger partial charge in [-0.3, -0.25) is 9.67 Å². The van der Waals surface area contributed by atoms with Crippen LogP contribution in [0.2, 0.25) is 0 Å². The summed E-state index contributed by atoms with van der Waals surface area (Å²) in [6.45, 7) is 2.34. The highest BCUT2D eigenvalue weighted by Gasteiger charge is 2.10. The fourth-order valence-corrected chi connectivity index (χ4v) is 1.90. The van der Waals surface area contributed by atoms with E-state index in [1.165, 1.54) is 0 Å². The molecule has 0 unspecified atom stereocenters. The number of aryl methyl sites for hydroxylation is 1. The van der Waals surface area contributed by atoms with Crippen LogP contribution in [0.1, 0.15) is 12.1 Å². The van der Waals surface area contributed by atoms with Crippen LogP contribution < -0.4 is 14.8 Å². The highest BCUT2D eigenvalue weighted by atomic mass is 16.5. The Morgan fingerprint density at radius 2 is 2.15 bits per heavy atom. The number of pyridine rings is 1. The van der Waals surface area contributed by atoms with Gasteiger partial charge in [-0.1, -0.05) is 5.21 Å². The number of nitrogens with one attached hydrogen (secondary N) is 1. The van der Waals surface area contributed by atoms with Crippen LogP contribution in [0.4, 0.5) is 0 Å². The van der Waals surface area contributed by atoms with Gasteiger partial charge in [0.25, 0.3) is 0 Å². The van der Waals surface area contributed by atoms with Crippen molar-refractivity contribution < 1.29 is 9.47 Å². The van der Waals surface area contributed by atoms with Gasteiger partial charge in [-0.2, -0.15) is 0 Å². The van der Waals surface area contributed by atoms with E-state index in [1.807, 2.05) is 10.9 Å². The zero-order valence-electron chi connectivity index (χ0n) is 11.7. The summed E-state index contributed by atoms with van der Waals surface area (Å²) in [5, 5.41) is 11.0. The first-order valence-electron chi connectivity index (χ1n) is 6.46. The van der Waals surface area contributed by atoms with Crippen molar-refractivity contribution >= 4 is 0 Å². The molecular formula is C13H19N5O2. The Hall–Kier alpha value is -2.15. The van der Waals surface area contributed by atoms with Gasteiger partial charge in [0.15, 0.2) is 11.5 Å². The lowest BCUT2D eigenvalue weighted by Crippen LogP contribution is -2.18. The first kappa shape index (κ1) is 14.3. The van der Waals surface area contributed by atoms with Gasteiger partial charge in [0.2, 0.25) is 0 Å². The summed E-state index contributed by atoms with van der Waals surface area (Å²) in [7, 11) is 3.24. The van der Waals surface area contributed by atoms with Gasteiger partial charge in [0.05, 0.1) is 26.1 Å². The van der Waals surface area contributed by atoms with Crippen LogP contribution in [-0.4, -0.2) is 40.7 Å². The number of hydrogen-bond acceptors (Lipinski definition) is 6. The van der Waals surface area contributed by atoms with Crippen LogP contribution in [-0.2, 0) is 13.1 Å². The average molecular weight is 277 g/mol. The molecule has 0 fully saturated rings. The number of ether oxygens (including phenoxy) is 2. The summed E-state index contributed by atoms with van der Waals surface area (Å²) in [6, 6.07) is 1.78. The van der Waals surface area contributed by atoms with Gasteiger partial charge < -0.3 is 14.8 Å². The van der Waals surface area contributed by atoms with Gasteiger partial charge in [-0.25, -0.2) is 0 Å². The predicted molar refractivity (Wildman–Crippen MR) is 73.7 cm³/mol. The maximum absolute atomic E-state index is 5.33. The van der Waals surface area contributed by atoms with Gasteiger partial charge in [-0.15, -0.1) is 5.10 Å². The second kappa shape index (κ2) is 7.44. The first-order valence-corrected chi connectivity index (χ1v) is 6.46. The number of methoxy groups -OCH3 is 2. The van der Waals surface area contributed by atoms with Crippen molar-refractivity contribution in [2.75, 3.05) is 20.8 Å². The van der Waals surface area contributed by atoms with Crippen molar-refractivity contribution in [2.24, 2.45) is 0 Å². The fraction of sp³-hybridized carbons (Fsp3) is 0.462. The van der Waals surface area contributed by atoms with Crippen LogP contribution in [0.25, 0.3) is 0 Å². The van der Waals surface area contributed by atoms with Crippen LogP contribution in [0.3, 0.4) is 0 Å². The number of nitrogens with zero attached hydrogens (tertiary/aromatic N) is 4. The summed E-state index contributed by atoms with van der Waals surface area (Å²) >= 11 is 0. The topological polar surface area (TPSA) is 74.1 Å². The van der Waals surface area contributed by atoms with E-state index in [1.54, 1.807) is 32.7 Å². The molecule has 0 spiro atoms. The smallest absolute Gasteiger partial charge is 0.183 e. The van der Waals surface area contributed by atoms with Crippen molar-refractivity contribution in [2.45, 2.75) is 19.5 Å². The van der Waals surface area contributed by atoms with Gasteiger partial charge >= 0.3 is 0 Å². The molecule has 2 aromatic rings. The molecule has 0 radical (unpaired) electrons. The molecule has 0 saturated carbocycles. The zero-order valence-corrected chi connectivity index (χ0v) is 11.7. The molecule has 1 N–H and O–H groups in total. The summed E-state index contributed by atoms with van der Waals surface area (Å²) in [5.74, 6) is 1.38. The van der Waals surface area contributed by atoms with E-state index in [9.17, 15) is 0 Å². The highest BCUT2D eigenvalue weighted by molar-refractivity contribution is 5.42. The molecule has 2 heterocycles. The van der Waals surface area contributed by atoms with E-state index in [0.717, 1.165) is 25.2 Å². The summed E-state index contributed by atoms with van der Waals surface area (Å²) in [6.07, 6.45) is 6.22. The Morgan fingerprint density at radius 1 is 1.25 bits per heavy atom. The SMILES string of the molecule is COc1ccnc(CNCCCn2ccnn2)c1OC. The largest absolute Gasteiger partial charge is 0.493 e. The molecular weight excluding hydrogens is 258 g/mol. The zero-order chi connectivity index (χ0) is 14.2. The lowest BCUT2D eigenvalue weighted by molar-refractivity contribution is 0.348. The van der Waals surface area contributed by atoms with E-state index in [2.05, 4.69) is 20.6 Å². The molecule has 0 aliphatic carbocycles. The third-order valence-corrected chi connectivity index (χ3v) is 2.87.